The Balaban J connectivity index is 1.68. The topological polar surface area (TPSA) is 84.5 Å². The number of nitrogens with one attached hydrogen (secondary N) is 2. The molecule has 0 aromatic heterocycles. The van der Waals surface area contributed by atoms with Crippen LogP contribution in [-0.2, 0) is 14.3 Å². The van der Waals surface area contributed by atoms with Crippen LogP contribution in [0.3, 0.4) is 0 Å². The number of urea groups is 1. The Hall–Kier alpha value is -2.44. The van der Waals surface area contributed by atoms with Crippen LogP contribution in [0, 0.1) is 11.7 Å². The number of anilines is 1. The molecular weight excluding hydrogens is 303 g/mol. The summed E-state index contributed by atoms with van der Waals surface area (Å²) in [7, 11) is 0. The van der Waals surface area contributed by atoms with Crippen LogP contribution in [0.25, 0.3) is 0 Å². The van der Waals surface area contributed by atoms with E-state index in [0.29, 0.717) is 12.3 Å². The van der Waals surface area contributed by atoms with Crippen molar-refractivity contribution in [3.63, 3.8) is 0 Å². The number of amides is 3. The van der Waals surface area contributed by atoms with Gasteiger partial charge in [0.25, 0.3) is 5.91 Å². The fourth-order valence-corrected chi connectivity index (χ4v) is 2.53. The maximum atomic E-state index is 13.3. The predicted molar refractivity (Wildman–Crippen MR) is 81.1 cm³/mol. The highest BCUT2D eigenvalue weighted by molar-refractivity contribution is 6.01. The zero-order valence-corrected chi connectivity index (χ0v) is 12.6. The number of ether oxygens (including phenoxy) is 1. The van der Waals surface area contributed by atoms with Gasteiger partial charge in [-0.15, -0.1) is 0 Å². The summed E-state index contributed by atoms with van der Waals surface area (Å²) in [5.41, 5.74) is -0.0453. The average Bonchev–Trinajstić information content (AvgIpc) is 3.00. The van der Waals surface area contributed by atoms with Gasteiger partial charge in [-0.25, -0.2) is 9.18 Å². The molecule has 1 aromatic rings. The number of rotatable bonds is 5. The van der Waals surface area contributed by atoms with E-state index in [1.54, 1.807) is 6.07 Å². The van der Waals surface area contributed by atoms with Gasteiger partial charge in [0.2, 0.25) is 0 Å². The van der Waals surface area contributed by atoms with Gasteiger partial charge in [0.1, 0.15) is 5.82 Å². The van der Waals surface area contributed by atoms with E-state index in [2.05, 4.69) is 5.32 Å². The number of hydrogen-bond donors (Lipinski definition) is 2. The molecule has 1 aliphatic carbocycles. The van der Waals surface area contributed by atoms with Crippen molar-refractivity contribution >= 4 is 23.6 Å². The van der Waals surface area contributed by atoms with E-state index in [1.807, 2.05) is 5.32 Å². The number of esters is 1. The normalized spacial score (nSPS) is 14.3. The van der Waals surface area contributed by atoms with Gasteiger partial charge in [-0.05, 0) is 30.9 Å². The quantitative estimate of drug-likeness (QED) is 0.816. The smallest absolute Gasteiger partial charge is 0.326 e. The molecule has 7 heteroatoms. The number of halogens is 1. The largest absolute Gasteiger partial charge is 0.456 e. The summed E-state index contributed by atoms with van der Waals surface area (Å²) in [4.78, 5) is 34.6. The van der Waals surface area contributed by atoms with Gasteiger partial charge in [0.05, 0.1) is 5.69 Å². The summed E-state index contributed by atoms with van der Waals surface area (Å²) in [6.45, 7) is -0.532. The molecule has 1 fully saturated rings. The van der Waals surface area contributed by atoms with Crippen LogP contribution in [0.5, 0.6) is 0 Å². The summed E-state index contributed by atoms with van der Waals surface area (Å²) in [5, 5.41) is 4.17. The minimum Gasteiger partial charge on any atom is -0.456 e. The zero-order valence-electron chi connectivity index (χ0n) is 12.6. The molecule has 0 saturated heterocycles. The molecule has 1 aliphatic rings. The molecule has 1 aromatic carbocycles. The molecule has 0 unspecified atom stereocenters. The van der Waals surface area contributed by atoms with Crippen LogP contribution in [0.1, 0.15) is 32.1 Å². The maximum absolute atomic E-state index is 13.3. The highest BCUT2D eigenvalue weighted by atomic mass is 19.1. The molecule has 3 amide bonds. The molecule has 0 aliphatic heterocycles. The van der Waals surface area contributed by atoms with Gasteiger partial charge in [-0.2, -0.15) is 0 Å². The van der Waals surface area contributed by atoms with E-state index in [9.17, 15) is 18.8 Å². The third kappa shape index (κ3) is 5.69. The third-order valence-corrected chi connectivity index (χ3v) is 3.67. The molecule has 0 atom stereocenters. The van der Waals surface area contributed by atoms with Crippen LogP contribution in [0.4, 0.5) is 14.9 Å². The lowest BCUT2D eigenvalue weighted by Gasteiger charge is -2.10. The molecule has 23 heavy (non-hydrogen) atoms. The molecule has 6 nitrogen and oxygen atoms in total. The van der Waals surface area contributed by atoms with Crippen LogP contribution in [0.15, 0.2) is 24.3 Å². The predicted octanol–water partition coefficient (Wildman–Crippen LogP) is 2.60. The van der Waals surface area contributed by atoms with Crippen molar-refractivity contribution in [1.29, 1.82) is 0 Å². The summed E-state index contributed by atoms with van der Waals surface area (Å²) in [5.74, 6) is -1.49. The fourth-order valence-electron chi connectivity index (χ4n) is 2.53. The second kappa shape index (κ2) is 8.26. The lowest BCUT2D eigenvalue weighted by atomic mass is 10.1. The monoisotopic (exact) mass is 322 g/mol. The van der Waals surface area contributed by atoms with Crippen LogP contribution in [0.2, 0.25) is 0 Å². The second-order valence-corrected chi connectivity index (χ2v) is 5.50. The van der Waals surface area contributed by atoms with Crippen molar-refractivity contribution in [1.82, 2.24) is 5.32 Å². The van der Waals surface area contributed by atoms with E-state index < -0.39 is 30.3 Å². The molecule has 0 bridgehead atoms. The van der Waals surface area contributed by atoms with Gasteiger partial charge in [0, 0.05) is 6.42 Å². The zero-order chi connectivity index (χ0) is 16.7. The maximum Gasteiger partial charge on any atom is 0.326 e. The van der Waals surface area contributed by atoms with Crippen molar-refractivity contribution in [2.45, 2.75) is 32.1 Å². The fraction of sp³-hybridized carbons (Fsp3) is 0.438. The lowest BCUT2D eigenvalue weighted by Crippen LogP contribution is -2.37. The first-order chi connectivity index (χ1) is 11.0. The first-order valence-electron chi connectivity index (χ1n) is 7.55. The Morgan fingerprint density at radius 2 is 1.87 bits per heavy atom. The van der Waals surface area contributed by atoms with Crippen molar-refractivity contribution in [2.75, 3.05) is 11.9 Å². The number of para-hydroxylation sites is 1. The first-order valence-corrected chi connectivity index (χ1v) is 7.55. The van der Waals surface area contributed by atoms with Gasteiger partial charge >= 0.3 is 12.0 Å². The Kier molecular flexibility index (Phi) is 6.08. The molecule has 124 valence electrons. The van der Waals surface area contributed by atoms with E-state index in [-0.39, 0.29) is 5.69 Å². The van der Waals surface area contributed by atoms with E-state index in [0.717, 1.165) is 25.7 Å². The molecule has 2 N–H and O–H groups in total. The summed E-state index contributed by atoms with van der Waals surface area (Å²) >= 11 is 0. The highest BCUT2D eigenvalue weighted by Gasteiger charge is 2.20. The van der Waals surface area contributed by atoms with Gasteiger partial charge in [-0.1, -0.05) is 25.0 Å². The lowest BCUT2D eigenvalue weighted by molar-refractivity contribution is -0.149. The Morgan fingerprint density at radius 1 is 1.17 bits per heavy atom. The van der Waals surface area contributed by atoms with E-state index in [4.69, 9.17) is 4.74 Å². The first kappa shape index (κ1) is 16.9. The van der Waals surface area contributed by atoms with Crippen LogP contribution < -0.4 is 10.6 Å². The van der Waals surface area contributed by atoms with Crippen molar-refractivity contribution in [2.24, 2.45) is 5.92 Å². The molecule has 1 saturated carbocycles. The van der Waals surface area contributed by atoms with Gasteiger partial charge < -0.3 is 10.1 Å². The van der Waals surface area contributed by atoms with E-state index >= 15 is 0 Å². The molecular formula is C16H19FN2O4. The Labute approximate surface area is 133 Å². The molecule has 0 radical (unpaired) electrons. The van der Waals surface area contributed by atoms with Crippen molar-refractivity contribution < 1.29 is 23.5 Å². The molecule has 2 rings (SSSR count). The van der Waals surface area contributed by atoms with Gasteiger partial charge in [0.15, 0.2) is 6.61 Å². The van der Waals surface area contributed by atoms with Crippen molar-refractivity contribution in [3.8, 4) is 0 Å². The summed E-state index contributed by atoms with van der Waals surface area (Å²) in [6.07, 6.45) is 4.55. The third-order valence-electron chi connectivity index (χ3n) is 3.67. The number of benzene rings is 1. The Bertz CT molecular complexity index is 585. The number of carbonyl (C=O) groups excluding carboxylic acids is 3. The number of hydrogen-bond acceptors (Lipinski definition) is 4. The second-order valence-electron chi connectivity index (χ2n) is 5.50. The summed E-state index contributed by atoms with van der Waals surface area (Å²) < 4.78 is 18.2. The Morgan fingerprint density at radius 3 is 2.57 bits per heavy atom. The van der Waals surface area contributed by atoms with E-state index in [1.165, 1.54) is 18.2 Å². The number of imide groups is 1. The van der Waals surface area contributed by atoms with Gasteiger partial charge in [-0.3, -0.25) is 14.9 Å². The van der Waals surface area contributed by atoms with Crippen LogP contribution in [-0.4, -0.2) is 24.5 Å². The molecule has 0 spiro atoms. The minimum atomic E-state index is -0.882. The number of carbonyl (C=O) groups is 3. The minimum absolute atomic E-state index is 0.0453. The highest BCUT2D eigenvalue weighted by Crippen LogP contribution is 2.27. The molecule has 0 heterocycles. The van der Waals surface area contributed by atoms with Crippen molar-refractivity contribution in [3.05, 3.63) is 30.1 Å². The van der Waals surface area contributed by atoms with Crippen LogP contribution >= 0.6 is 0 Å². The summed E-state index contributed by atoms with van der Waals surface area (Å²) in [6, 6.07) is 4.69. The average molecular weight is 322 g/mol. The SMILES string of the molecule is O=C(COC(=O)CC1CCCC1)NC(=O)Nc1ccccc1F. The standard InChI is InChI=1S/C16H19FN2O4/c17-12-7-3-4-8-13(12)18-16(22)19-14(20)10-23-15(21)9-11-5-1-2-6-11/h3-4,7-8,11H,1-2,5-6,9-10H2,(H2,18,19,20,22).